The summed E-state index contributed by atoms with van der Waals surface area (Å²) in [6.07, 6.45) is 7.30. The van der Waals surface area contributed by atoms with Crippen LogP contribution in [0.3, 0.4) is 0 Å². The first-order valence-electron chi connectivity index (χ1n) is 9.67. The van der Waals surface area contributed by atoms with Crippen LogP contribution in [0, 0.1) is 5.82 Å². The predicted octanol–water partition coefficient (Wildman–Crippen LogP) is 6.71. The Morgan fingerprint density at radius 1 is 0.926 bits per heavy atom. The highest BCUT2D eigenvalue weighted by atomic mass is 19.1. The van der Waals surface area contributed by atoms with E-state index in [4.69, 9.17) is 4.74 Å². The highest BCUT2D eigenvalue weighted by Crippen LogP contribution is 2.24. The molecule has 0 amide bonds. The first-order chi connectivity index (χ1) is 13.2. The van der Waals surface area contributed by atoms with Gasteiger partial charge < -0.3 is 4.74 Å². The fourth-order valence-electron chi connectivity index (χ4n) is 3.19. The summed E-state index contributed by atoms with van der Waals surface area (Å²) < 4.78 is 19.2. The predicted molar refractivity (Wildman–Crippen MR) is 108 cm³/mol. The van der Waals surface area contributed by atoms with Crippen molar-refractivity contribution in [2.24, 2.45) is 0 Å². The highest BCUT2D eigenvalue weighted by molar-refractivity contribution is 5.92. The fraction of sp³-hybridized carbons (Fsp3) is 0.292. The minimum atomic E-state index is -0.403. The maximum atomic E-state index is 13.7. The summed E-state index contributed by atoms with van der Waals surface area (Å²) in [6.45, 7) is 2.22. The molecule has 0 saturated heterocycles. The molecular formula is C24H25FO2. The van der Waals surface area contributed by atoms with Crippen LogP contribution in [0.1, 0.15) is 54.9 Å². The molecule has 0 bridgehead atoms. The van der Waals surface area contributed by atoms with Gasteiger partial charge in [0.05, 0.1) is 5.56 Å². The number of fused-ring (bicyclic) bond motifs is 1. The van der Waals surface area contributed by atoms with Gasteiger partial charge in [0.2, 0.25) is 0 Å². The quantitative estimate of drug-likeness (QED) is 0.252. The zero-order valence-electron chi connectivity index (χ0n) is 15.7. The molecule has 0 aliphatic carbocycles. The molecule has 27 heavy (non-hydrogen) atoms. The molecule has 0 aliphatic rings. The van der Waals surface area contributed by atoms with Gasteiger partial charge in [0, 0.05) is 5.39 Å². The Balaban J connectivity index is 1.59. The standard InChI is InChI=1S/C24H25FO2/c1-2-3-4-5-6-8-18-11-13-19(14-12-18)24(26)27-21-15-16-22-20(17-21)9-7-10-23(22)25/h7,9-17H,2-6,8H2,1H3. The van der Waals surface area contributed by atoms with E-state index in [2.05, 4.69) is 6.92 Å². The van der Waals surface area contributed by atoms with E-state index >= 15 is 0 Å². The molecule has 3 rings (SSSR count). The van der Waals surface area contributed by atoms with Crippen molar-refractivity contribution in [3.05, 3.63) is 77.6 Å². The smallest absolute Gasteiger partial charge is 0.343 e. The summed E-state index contributed by atoms with van der Waals surface area (Å²) in [5, 5.41) is 1.22. The second kappa shape index (κ2) is 9.31. The van der Waals surface area contributed by atoms with E-state index in [9.17, 15) is 9.18 Å². The lowest BCUT2D eigenvalue weighted by Gasteiger charge is -2.07. The second-order valence-corrected chi connectivity index (χ2v) is 6.87. The van der Waals surface area contributed by atoms with E-state index in [-0.39, 0.29) is 5.82 Å². The number of hydrogen-bond acceptors (Lipinski definition) is 2. The summed E-state index contributed by atoms with van der Waals surface area (Å²) in [5.41, 5.74) is 1.76. The molecular weight excluding hydrogens is 339 g/mol. The zero-order valence-corrected chi connectivity index (χ0v) is 15.7. The Bertz CT molecular complexity index is 900. The molecule has 0 fully saturated rings. The van der Waals surface area contributed by atoms with Crippen LogP contribution in [0.4, 0.5) is 4.39 Å². The van der Waals surface area contributed by atoms with E-state index in [1.807, 2.05) is 24.3 Å². The van der Waals surface area contributed by atoms with Gasteiger partial charge in [-0.1, -0.05) is 56.9 Å². The molecule has 140 valence electrons. The summed E-state index contributed by atoms with van der Waals surface area (Å²) in [5.74, 6) is -0.269. The molecule has 3 heteroatoms. The van der Waals surface area contributed by atoms with Gasteiger partial charge in [0.15, 0.2) is 0 Å². The minimum absolute atomic E-state index is 0.282. The normalized spacial score (nSPS) is 10.9. The van der Waals surface area contributed by atoms with Crippen LogP contribution < -0.4 is 4.74 Å². The minimum Gasteiger partial charge on any atom is -0.423 e. The molecule has 3 aromatic carbocycles. The highest BCUT2D eigenvalue weighted by Gasteiger charge is 2.10. The Morgan fingerprint density at radius 3 is 2.48 bits per heavy atom. The lowest BCUT2D eigenvalue weighted by atomic mass is 10.0. The van der Waals surface area contributed by atoms with Crippen molar-refractivity contribution in [3.63, 3.8) is 0 Å². The maximum Gasteiger partial charge on any atom is 0.343 e. The number of aryl methyl sites for hydroxylation is 1. The Labute approximate surface area is 160 Å². The third-order valence-electron chi connectivity index (χ3n) is 4.77. The van der Waals surface area contributed by atoms with Gasteiger partial charge in [-0.3, -0.25) is 0 Å². The average molecular weight is 364 g/mol. The van der Waals surface area contributed by atoms with Crippen molar-refractivity contribution in [2.45, 2.75) is 45.4 Å². The summed E-state index contributed by atoms with van der Waals surface area (Å²) in [6, 6.07) is 17.4. The largest absolute Gasteiger partial charge is 0.423 e. The molecule has 0 N–H and O–H groups in total. The van der Waals surface area contributed by atoms with E-state index in [1.165, 1.54) is 43.7 Å². The number of esters is 1. The van der Waals surface area contributed by atoms with Crippen LogP contribution >= 0.6 is 0 Å². The molecule has 3 aromatic rings. The summed E-state index contributed by atoms with van der Waals surface area (Å²) in [4.78, 5) is 12.4. The van der Waals surface area contributed by atoms with Crippen molar-refractivity contribution in [1.29, 1.82) is 0 Å². The molecule has 0 heterocycles. The van der Waals surface area contributed by atoms with Crippen molar-refractivity contribution < 1.29 is 13.9 Å². The van der Waals surface area contributed by atoms with Gasteiger partial charge in [-0.05, 0) is 60.2 Å². The van der Waals surface area contributed by atoms with Crippen LogP contribution in [-0.2, 0) is 6.42 Å². The number of benzene rings is 3. The fourth-order valence-corrected chi connectivity index (χ4v) is 3.19. The number of unbranched alkanes of at least 4 members (excludes halogenated alkanes) is 4. The van der Waals surface area contributed by atoms with Gasteiger partial charge >= 0.3 is 5.97 Å². The number of carbonyl (C=O) groups is 1. The lowest BCUT2D eigenvalue weighted by molar-refractivity contribution is 0.0735. The zero-order chi connectivity index (χ0) is 19.1. The number of ether oxygens (including phenoxy) is 1. The third kappa shape index (κ3) is 5.16. The monoisotopic (exact) mass is 364 g/mol. The van der Waals surface area contributed by atoms with Crippen LogP contribution in [0.5, 0.6) is 5.75 Å². The molecule has 0 atom stereocenters. The van der Waals surface area contributed by atoms with Crippen molar-refractivity contribution in [3.8, 4) is 5.75 Å². The Morgan fingerprint density at radius 2 is 1.70 bits per heavy atom. The summed E-state index contributed by atoms with van der Waals surface area (Å²) >= 11 is 0. The van der Waals surface area contributed by atoms with E-state index < -0.39 is 5.97 Å². The lowest BCUT2D eigenvalue weighted by Crippen LogP contribution is -2.08. The number of rotatable bonds is 8. The number of carbonyl (C=O) groups excluding carboxylic acids is 1. The SMILES string of the molecule is CCCCCCCc1ccc(C(=O)Oc2ccc3c(F)cccc3c2)cc1. The number of halogens is 1. The molecule has 0 aromatic heterocycles. The van der Waals surface area contributed by atoms with Crippen molar-refractivity contribution in [2.75, 3.05) is 0 Å². The second-order valence-electron chi connectivity index (χ2n) is 6.87. The van der Waals surface area contributed by atoms with Gasteiger partial charge in [0.25, 0.3) is 0 Å². The van der Waals surface area contributed by atoms with E-state index in [0.29, 0.717) is 22.1 Å². The molecule has 0 aliphatic heterocycles. The molecule has 2 nitrogen and oxygen atoms in total. The van der Waals surface area contributed by atoms with Gasteiger partial charge in [-0.25, -0.2) is 9.18 Å². The van der Waals surface area contributed by atoms with Gasteiger partial charge in [-0.15, -0.1) is 0 Å². The first-order valence-corrected chi connectivity index (χ1v) is 9.67. The van der Waals surface area contributed by atoms with Crippen LogP contribution in [0.25, 0.3) is 10.8 Å². The van der Waals surface area contributed by atoms with Gasteiger partial charge in [0.1, 0.15) is 11.6 Å². The van der Waals surface area contributed by atoms with E-state index in [1.54, 1.807) is 30.3 Å². The molecule has 0 unspecified atom stereocenters. The van der Waals surface area contributed by atoms with E-state index in [0.717, 1.165) is 6.42 Å². The Kier molecular flexibility index (Phi) is 6.59. The third-order valence-corrected chi connectivity index (χ3v) is 4.77. The van der Waals surface area contributed by atoms with Crippen molar-refractivity contribution in [1.82, 2.24) is 0 Å². The van der Waals surface area contributed by atoms with Gasteiger partial charge in [-0.2, -0.15) is 0 Å². The average Bonchev–Trinajstić information content (AvgIpc) is 2.68. The first kappa shape index (κ1) is 19.1. The Hall–Kier alpha value is -2.68. The molecule has 0 saturated carbocycles. The maximum absolute atomic E-state index is 13.7. The molecule has 0 spiro atoms. The summed E-state index contributed by atoms with van der Waals surface area (Å²) in [7, 11) is 0. The van der Waals surface area contributed by atoms with Crippen LogP contribution in [0.15, 0.2) is 60.7 Å². The van der Waals surface area contributed by atoms with Crippen molar-refractivity contribution >= 4 is 16.7 Å². The van der Waals surface area contributed by atoms with Crippen LogP contribution in [-0.4, -0.2) is 5.97 Å². The molecule has 0 radical (unpaired) electrons. The topological polar surface area (TPSA) is 26.3 Å². The number of hydrogen-bond donors (Lipinski definition) is 0. The van der Waals surface area contributed by atoms with Crippen LogP contribution in [0.2, 0.25) is 0 Å².